The lowest BCUT2D eigenvalue weighted by atomic mass is 10.5. The zero-order chi connectivity index (χ0) is 9.84. The Morgan fingerprint density at radius 3 is 3.00 bits per heavy atom. The minimum absolute atomic E-state index is 0.0987. The number of aromatic nitrogens is 2. The van der Waals surface area contributed by atoms with Crippen LogP contribution in [0.1, 0.15) is 13.3 Å². The van der Waals surface area contributed by atoms with Crippen LogP contribution in [0.5, 0.6) is 0 Å². The highest BCUT2D eigenvalue weighted by atomic mass is 35.5. The molecule has 0 aliphatic heterocycles. The summed E-state index contributed by atoms with van der Waals surface area (Å²) in [5.41, 5.74) is 5.46. The standard InChI is InChI=1S/C7H11ClN4O/c1-2-3-13-12-6(9)4-5(8)11-7(12)10/h4,10H,2-3,9H2,1H3. The van der Waals surface area contributed by atoms with Gasteiger partial charge in [0.15, 0.2) is 0 Å². The van der Waals surface area contributed by atoms with Crippen LogP contribution < -0.4 is 16.2 Å². The maximum absolute atomic E-state index is 7.39. The van der Waals surface area contributed by atoms with Gasteiger partial charge in [-0.05, 0) is 6.42 Å². The third kappa shape index (κ3) is 2.35. The first-order valence-corrected chi connectivity index (χ1v) is 4.26. The molecule has 13 heavy (non-hydrogen) atoms. The van der Waals surface area contributed by atoms with Crippen molar-refractivity contribution in [3.05, 3.63) is 16.8 Å². The average Bonchev–Trinajstić information content (AvgIpc) is 2.02. The van der Waals surface area contributed by atoms with E-state index in [1.165, 1.54) is 6.07 Å². The predicted molar refractivity (Wildman–Crippen MR) is 49.2 cm³/mol. The van der Waals surface area contributed by atoms with Crippen LogP contribution in [0.4, 0.5) is 5.82 Å². The molecule has 1 rings (SSSR count). The van der Waals surface area contributed by atoms with E-state index >= 15 is 0 Å². The molecule has 0 spiro atoms. The fraction of sp³-hybridized carbons (Fsp3) is 0.429. The van der Waals surface area contributed by atoms with E-state index in [9.17, 15) is 0 Å². The van der Waals surface area contributed by atoms with Gasteiger partial charge in [0.2, 0.25) is 0 Å². The van der Waals surface area contributed by atoms with Gasteiger partial charge in [0.25, 0.3) is 5.62 Å². The first-order valence-electron chi connectivity index (χ1n) is 3.88. The van der Waals surface area contributed by atoms with Crippen LogP contribution in [0, 0.1) is 5.41 Å². The lowest BCUT2D eigenvalue weighted by Crippen LogP contribution is -2.31. The van der Waals surface area contributed by atoms with Crippen LogP contribution in [-0.2, 0) is 0 Å². The number of nitrogens with zero attached hydrogens (tertiary/aromatic N) is 2. The van der Waals surface area contributed by atoms with Crippen LogP contribution in [0.2, 0.25) is 5.15 Å². The molecule has 0 aliphatic carbocycles. The predicted octanol–water partition coefficient (Wildman–Crippen LogP) is 0.437. The molecular formula is C7H11ClN4O. The number of halogens is 1. The maximum Gasteiger partial charge on any atom is 0.259 e. The number of rotatable bonds is 3. The topological polar surface area (TPSA) is 76.9 Å². The molecule has 0 atom stereocenters. The van der Waals surface area contributed by atoms with Crippen molar-refractivity contribution in [2.75, 3.05) is 12.3 Å². The van der Waals surface area contributed by atoms with Crippen molar-refractivity contribution in [3.8, 4) is 0 Å². The van der Waals surface area contributed by atoms with E-state index in [2.05, 4.69) is 4.98 Å². The third-order valence-corrected chi connectivity index (χ3v) is 1.52. The van der Waals surface area contributed by atoms with Crippen LogP contribution in [0.15, 0.2) is 6.07 Å². The summed E-state index contributed by atoms with van der Waals surface area (Å²) in [4.78, 5) is 8.83. The summed E-state index contributed by atoms with van der Waals surface area (Å²) in [7, 11) is 0. The molecule has 1 aromatic rings. The molecule has 6 heteroatoms. The molecule has 0 aliphatic rings. The van der Waals surface area contributed by atoms with Crippen molar-refractivity contribution in [1.82, 2.24) is 9.71 Å². The highest BCUT2D eigenvalue weighted by Gasteiger charge is 2.01. The van der Waals surface area contributed by atoms with Gasteiger partial charge in [0.1, 0.15) is 17.6 Å². The molecule has 0 radical (unpaired) electrons. The number of anilines is 1. The fourth-order valence-corrected chi connectivity index (χ4v) is 0.992. The van der Waals surface area contributed by atoms with E-state index in [0.717, 1.165) is 11.2 Å². The Kier molecular flexibility index (Phi) is 3.13. The Hall–Kier alpha value is -1.23. The van der Waals surface area contributed by atoms with Gasteiger partial charge < -0.3 is 10.6 Å². The normalized spacial score (nSPS) is 10.0. The number of nitrogen functional groups attached to an aromatic ring is 1. The largest absolute Gasteiger partial charge is 0.409 e. The Balaban J connectivity index is 2.99. The lowest BCUT2D eigenvalue weighted by molar-refractivity contribution is 0.101. The van der Waals surface area contributed by atoms with Gasteiger partial charge in [0.05, 0.1) is 0 Å². The van der Waals surface area contributed by atoms with Gasteiger partial charge in [0, 0.05) is 6.07 Å². The molecule has 3 N–H and O–H groups in total. The number of hydrogen-bond acceptors (Lipinski definition) is 4. The van der Waals surface area contributed by atoms with Gasteiger partial charge >= 0.3 is 0 Å². The average molecular weight is 203 g/mol. The fourth-order valence-electron chi connectivity index (χ4n) is 0.800. The van der Waals surface area contributed by atoms with E-state index in [4.69, 9.17) is 27.6 Å². The van der Waals surface area contributed by atoms with Crippen LogP contribution in [0.25, 0.3) is 0 Å². The maximum atomic E-state index is 7.39. The highest BCUT2D eigenvalue weighted by Crippen LogP contribution is 2.04. The second kappa shape index (κ2) is 4.13. The Labute approximate surface area is 80.6 Å². The molecule has 72 valence electrons. The third-order valence-electron chi connectivity index (χ3n) is 1.33. The van der Waals surface area contributed by atoms with Crippen molar-refractivity contribution in [1.29, 1.82) is 5.41 Å². The summed E-state index contributed by atoms with van der Waals surface area (Å²) in [6.07, 6.45) is 0.842. The van der Waals surface area contributed by atoms with Crippen LogP contribution >= 0.6 is 11.6 Å². The quantitative estimate of drug-likeness (QED) is 0.699. The van der Waals surface area contributed by atoms with Crippen molar-refractivity contribution in [3.63, 3.8) is 0 Å². The van der Waals surface area contributed by atoms with E-state index in [0.29, 0.717) is 6.61 Å². The van der Waals surface area contributed by atoms with Gasteiger partial charge in [-0.2, -0.15) is 4.98 Å². The smallest absolute Gasteiger partial charge is 0.259 e. The van der Waals surface area contributed by atoms with Crippen molar-refractivity contribution in [2.45, 2.75) is 13.3 Å². The van der Waals surface area contributed by atoms with Gasteiger partial charge in [-0.3, -0.25) is 5.41 Å². The monoisotopic (exact) mass is 202 g/mol. The van der Waals surface area contributed by atoms with Gasteiger partial charge in [-0.25, -0.2) is 0 Å². The number of nitrogens with one attached hydrogen (secondary N) is 1. The SMILES string of the molecule is CCCOn1c(N)cc(Cl)nc1=N. The van der Waals surface area contributed by atoms with E-state index < -0.39 is 0 Å². The first-order chi connectivity index (χ1) is 6.15. The molecule has 1 aromatic heterocycles. The van der Waals surface area contributed by atoms with Gasteiger partial charge in [-0.15, -0.1) is 4.73 Å². The van der Waals surface area contributed by atoms with E-state index in [-0.39, 0.29) is 16.6 Å². The van der Waals surface area contributed by atoms with Gasteiger partial charge in [-0.1, -0.05) is 18.5 Å². The molecule has 0 unspecified atom stereocenters. The summed E-state index contributed by atoms with van der Waals surface area (Å²) >= 11 is 5.58. The molecule has 0 saturated heterocycles. The van der Waals surface area contributed by atoms with Crippen molar-refractivity contribution < 1.29 is 4.84 Å². The summed E-state index contributed by atoms with van der Waals surface area (Å²) in [6.45, 7) is 2.45. The van der Waals surface area contributed by atoms with Crippen LogP contribution in [0.3, 0.4) is 0 Å². The minimum atomic E-state index is -0.0987. The van der Waals surface area contributed by atoms with Crippen molar-refractivity contribution in [2.24, 2.45) is 0 Å². The van der Waals surface area contributed by atoms with Crippen molar-refractivity contribution >= 4 is 17.4 Å². The highest BCUT2D eigenvalue weighted by molar-refractivity contribution is 6.29. The molecular weight excluding hydrogens is 192 g/mol. The first kappa shape index (κ1) is 9.85. The summed E-state index contributed by atoms with van der Waals surface area (Å²) in [5, 5.41) is 7.59. The number of hydrogen-bond donors (Lipinski definition) is 2. The Bertz CT molecular complexity index is 349. The molecule has 0 saturated carbocycles. The zero-order valence-corrected chi connectivity index (χ0v) is 8.01. The zero-order valence-electron chi connectivity index (χ0n) is 7.25. The molecule has 0 fully saturated rings. The summed E-state index contributed by atoms with van der Waals surface area (Å²) in [6, 6.07) is 1.44. The lowest BCUT2D eigenvalue weighted by Gasteiger charge is -2.10. The molecule has 1 heterocycles. The minimum Gasteiger partial charge on any atom is -0.409 e. The Morgan fingerprint density at radius 2 is 2.46 bits per heavy atom. The molecule has 5 nitrogen and oxygen atoms in total. The summed E-state index contributed by atoms with van der Waals surface area (Å²) < 4.78 is 1.15. The van der Waals surface area contributed by atoms with Crippen LogP contribution in [-0.4, -0.2) is 16.3 Å². The Morgan fingerprint density at radius 1 is 1.77 bits per heavy atom. The summed E-state index contributed by atoms with van der Waals surface area (Å²) in [5.74, 6) is 0.276. The molecule has 0 bridgehead atoms. The molecule has 0 aromatic carbocycles. The second-order valence-corrected chi connectivity index (χ2v) is 2.84. The van der Waals surface area contributed by atoms with E-state index in [1.807, 2.05) is 6.92 Å². The molecule has 0 amide bonds. The second-order valence-electron chi connectivity index (χ2n) is 2.45. The van der Waals surface area contributed by atoms with E-state index in [1.54, 1.807) is 0 Å². The number of nitrogens with two attached hydrogens (primary N) is 1.